The molecule has 2 rings (SSSR count). The molecule has 2 aromatic heterocycles. The third kappa shape index (κ3) is 3.27. The van der Waals surface area contributed by atoms with Crippen LogP contribution >= 0.6 is 0 Å². The van der Waals surface area contributed by atoms with Gasteiger partial charge in [-0.05, 0) is 12.1 Å². The molecule has 20 heavy (non-hydrogen) atoms. The molecule has 2 N–H and O–H groups in total. The van der Waals surface area contributed by atoms with E-state index in [4.69, 9.17) is 9.15 Å². The van der Waals surface area contributed by atoms with Crippen LogP contribution in [0.2, 0.25) is 0 Å². The number of nitrogens with one attached hydrogen (secondary N) is 2. The Morgan fingerprint density at radius 3 is 2.85 bits per heavy atom. The van der Waals surface area contributed by atoms with Gasteiger partial charge in [-0.1, -0.05) is 6.92 Å². The fraction of sp³-hybridized carbons (Fsp3) is 0.417. The maximum Gasteiger partial charge on any atom is 0.275 e. The standard InChI is InChI=1S/C12H17N3O4S/c1-3-9-4-5-11(19-9)10(8-18-2)15-20(16,17)12-13-6-7-14-12/h4-7,10,15H,3,8H2,1-2H3,(H,13,14). The molecular formula is C12H17N3O4S. The van der Waals surface area contributed by atoms with Gasteiger partial charge in [0.05, 0.1) is 6.61 Å². The lowest BCUT2D eigenvalue weighted by atomic mass is 10.2. The fourth-order valence-electron chi connectivity index (χ4n) is 1.75. The number of rotatable bonds is 7. The zero-order valence-electron chi connectivity index (χ0n) is 11.3. The molecule has 0 saturated heterocycles. The zero-order chi connectivity index (χ0) is 14.6. The molecule has 1 unspecified atom stereocenters. The van der Waals surface area contributed by atoms with E-state index in [0.29, 0.717) is 5.76 Å². The van der Waals surface area contributed by atoms with Crippen LogP contribution in [0.15, 0.2) is 34.1 Å². The fourth-order valence-corrected chi connectivity index (χ4v) is 2.85. The Kier molecular flexibility index (Phi) is 4.58. The molecule has 0 fully saturated rings. The Balaban J connectivity index is 2.21. The van der Waals surface area contributed by atoms with Crippen molar-refractivity contribution in [3.8, 4) is 0 Å². The van der Waals surface area contributed by atoms with Crippen LogP contribution in [0.5, 0.6) is 0 Å². The van der Waals surface area contributed by atoms with Crippen molar-refractivity contribution >= 4 is 10.0 Å². The highest BCUT2D eigenvalue weighted by molar-refractivity contribution is 7.89. The summed E-state index contributed by atoms with van der Waals surface area (Å²) in [6, 6.07) is 2.96. The summed E-state index contributed by atoms with van der Waals surface area (Å²) in [4.78, 5) is 6.30. The molecule has 7 nitrogen and oxygen atoms in total. The number of methoxy groups -OCH3 is 1. The Morgan fingerprint density at radius 1 is 1.50 bits per heavy atom. The molecule has 0 aromatic carbocycles. The molecule has 0 aliphatic carbocycles. The van der Waals surface area contributed by atoms with Crippen LogP contribution in [0.3, 0.4) is 0 Å². The first-order valence-corrected chi connectivity index (χ1v) is 7.64. The quantitative estimate of drug-likeness (QED) is 0.801. The van der Waals surface area contributed by atoms with Crippen LogP contribution in [0.25, 0.3) is 0 Å². The Labute approximate surface area is 117 Å². The number of aromatic nitrogens is 2. The zero-order valence-corrected chi connectivity index (χ0v) is 12.1. The summed E-state index contributed by atoms with van der Waals surface area (Å²) in [7, 11) is -2.24. The van der Waals surface area contributed by atoms with Crippen LogP contribution in [-0.4, -0.2) is 32.1 Å². The molecule has 1 atom stereocenters. The summed E-state index contributed by atoms with van der Waals surface area (Å²) in [5, 5.41) is -0.138. The lowest BCUT2D eigenvalue weighted by Gasteiger charge is -2.14. The van der Waals surface area contributed by atoms with Crippen molar-refractivity contribution in [2.45, 2.75) is 24.5 Å². The van der Waals surface area contributed by atoms with E-state index in [1.807, 2.05) is 13.0 Å². The number of aromatic amines is 1. The predicted octanol–water partition coefficient (Wildman–Crippen LogP) is 1.23. The molecule has 0 aliphatic rings. The monoisotopic (exact) mass is 299 g/mol. The first-order chi connectivity index (χ1) is 9.56. The molecule has 0 spiro atoms. The Morgan fingerprint density at radius 2 is 2.30 bits per heavy atom. The second-order valence-electron chi connectivity index (χ2n) is 4.18. The van der Waals surface area contributed by atoms with Gasteiger partial charge in [-0.2, -0.15) is 4.72 Å². The van der Waals surface area contributed by atoms with Gasteiger partial charge in [0.1, 0.15) is 17.6 Å². The number of aryl methyl sites for hydroxylation is 1. The lowest BCUT2D eigenvalue weighted by molar-refractivity contribution is 0.165. The minimum Gasteiger partial charge on any atom is -0.464 e. The number of imidazole rings is 1. The average molecular weight is 299 g/mol. The molecule has 0 saturated carbocycles. The molecule has 0 amide bonds. The van der Waals surface area contributed by atoms with Crippen molar-refractivity contribution in [2.75, 3.05) is 13.7 Å². The van der Waals surface area contributed by atoms with E-state index in [0.717, 1.165) is 12.2 Å². The van der Waals surface area contributed by atoms with Crippen LogP contribution in [0.4, 0.5) is 0 Å². The highest BCUT2D eigenvalue weighted by atomic mass is 32.2. The van der Waals surface area contributed by atoms with Gasteiger partial charge in [-0.25, -0.2) is 13.4 Å². The number of sulfonamides is 1. The average Bonchev–Trinajstić information content (AvgIpc) is 3.09. The van der Waals surface area contributed by atoms with Crippen molar-refractivity contribution in [2.24, 2.45) is 0 Å². The first kappa shape index (κ1) is 14.8. The van der Waals surface area contributed by atoms with Gasteiger partial charge in [-0.15, -0.1) is 0 Å². The van der Waals surface area contributed by atoms with E-state index >= 15 is 0 Å². The van der Waals surface area contributed by atoms with Crippen LogP contribution < -0.4 is 4.72 Å². The molecule has 2 aromatic rings. The van der Waals surface area contributed by atoms with E-state index < -0.39 is 16.1 Å². The van der Waals surface area contributed by atoms with Crippen molar-refractivity contribution < 1.29 is 17.6 Å². The molecule has 110 valence electrons. The third-order valence-corrected chi connectivity index (χ3v) is 4.06. The highest BCUT2D eigenvalue weighted by Gasteiger charge is 2.25. The first-order valence-electron chi connectivity index (χ1n) is 6.16. The SMILES string of the molecule is CCc1ccc(C(COC)NS(=O)(=O)c2ncc[nH]2)o1. The van der Waals surface area contributed by atoms with Crippen LogP contribution in [0, 0.1) is 0 Å². The maximum absolute atomic E-state index is 12.1. The highest BCUT2D eigenvalue weighted by Crippen LogP contribution is 2.19. The van der Waals surface area contributed by atoms with Gasteiger partial charge in [-0.3, -0.25) is 0 Å². The van der Waals surface area contributed by atoms with Crippen molar-refractivity contribution in [3.63, 3.8) is 0 Å². The summed E-state index contributed by atoms with van der Waals surface area (Å²) < 4.78 is 37.4. The molecular weight excluding hydrogens is 282 g/mol. The van der Waals surface area contributed by atoms with Crippen molar-refractivity contribution in [1.82, 2.24) is 14.7 Å². The summed E-state index contributed by atoms with van der Waals surface area (Å²) >= 11 is 0. The molecule has 8 heteroatoms. The lowest BCUT2D eigenvalue weighted by Crippen LogP contribution is -2.31. The second-order valence-corrected chi connectivity index (χ2v) is 5.81. The van der Waals surface area contributed by atoms with Crippen molar-refractivity contribution in [3.05, 3.63) is 36.0 Å². The van der Waals surface area contributed by atoms with Crippen LogP contribution in [0.1, 0.15) is 24.5 Å². The van der Waals surface area contributed by atoms with Gasteiger partial charge in [0.25, 0.3) is 10.0 Å². The van der Waals surface area contributed by atoms with E-state index in [1.54, 1.807) is 6.07 Å². The van der Waals surface area contributed by atoms with Gasteiger partial charge in [0, 0.05) is 25.9 Å². The minimum atomic E-state index is -3.74. The summed E-state index contributed by atoms with van der Waals surface area (Å²) in [5.74, 6) is 1.30. The topological polar surface area (TPSA) is 97.2 Å². The van der Waals surface area contributed by atoms with Gasteiger partial charge < -0.3 is 14.1 Å². The number of hydrogen-bond acceptors (Lipinski definition) is 5. The molecule has 0 aliphatic heterocycles. The van der Waals surface area contributed by atoms with E-state index in [9.17, 15) is 8.42 Å². The van der Waals surface area contributed by atoms with E-state index in [2.05, 4.69) is 14.7 Å². The number of nitrogens with zero attached hydrogens (tertiary/aromatic N) is 1. The Bertz CT molecular complexity index is 633. The van der Waals surface area contributed by atoms with E-state index in [1.165, 1.54) is 19.5 Å². The predicted molar refractivity (Wildman–Crippen MR) is 71.6 cm³/mol. The van der Waals surface area contributed by atoms with Crippen molar-refractivity contribution in [1.29, 1.82) is 0 Å². The van der Waals surface area contributed by atoms with Gasteiger partial charge >= 0.3 is 0 Å². The smallest absolute Gasteiger partial charge is 0.275 e. The second kappa shape index (κ2) is 6.21. The molecule has 0 radical (unpaired) electrons. The number of ether oxygens (including phenoxy) is 1. The summed E-state index contributed by atoms with van der Waals surface area (Å²) in [6.07, 6.45) is 3.56. The summed E-state index contributed by atoms with van der Waals surface area (Å²) in [5.41, 5.74) is 0. The van der Waals surface area contributed by atoms with Crippen LogP contribution in [-0.2, 0) is 21.2 Å². The maximum atomic E-state index is 12.1. The molecule has 2 heterocycles. The summed E-state index contributed by atoms with van der Waals surface area (Å²) in [6.45, 7) is 2.12. The third-order valence-electron chi connectivity index (χ3n) is 2.73. The normalized spacial score (nSPS) is 13.5. The molecule has 0 bridgehead atoms. The number of H-pyrrole nitrogens is 1. The largest absolute Gasteiger partial charge is 0.464 e. The minimum absolute atomic E-state index is 0.138. The number of hydrogen-bond donors (Lipinski definition) is 2. The van der Waals surface area contributed by atoms with Gasteiger partial charge in [0.15, 0.2) is 0 Å². The Hall–Kier alpha value is -1.64. The number of furan rings is 1. The van der Waals surface area contributed by atoms with Gasteiger partial charge in [0.2, 0.25) is 5.16 Å². The van der Waals surface area contributed by atoms with E-state index in [-0.39, 0.29) is 11.8 Å².